The molecular formula is C13H22N2O2S. The van der Waals surface area contributed by atoms with E-state index in [9.17, 15) is 10.1 Å². The van der Waals surface area contributed by atoms with E-state index in [4.69, 9.17) is 4.74 Å². The molecule has 1 aliphatic rings. The van der Waals surface area contributed by atoms with E-state index in [1.54, 1.807) is 18.9 Å². The van der Waals surface area contributed by atoms with Crippen LogP contribution in [0.3, 0.4) is 0 Å². The van der Waals surface area contributed by atoms with Crippen LogP contribution >= 0.6 is 11.8 Å². The molecule has 1 amide bonds. The third-order valence-corrected chi connectivity index (χ3v) is 4.42. The van der Waals surface area contributed by atoms with E-state index in [0.29, 0.717) is 6.61 Å². The lowest BCUT2D eigenvalue weighted by molar-refractivity contribution is -0.121. The first-order chi connectivity index (χ1) is 8.63. The number of hydrogen-bond donors (Lipinski definition) is 1. The fourth-order valence-electron chi connectivity index (χ4n) is 2.14. The maximum absolute atomic E-state index is 12.0. The number of carbonyl (C=O) groups is 1. The van der Waals surface area contributed by atoms with Gasteiger partial charge in [-0.25, -0.2) is 0 Å². The molecule has 0 radical (unpaired) electrons. The number of rotatable bonds is 6. The van der Waals surface area contributed by atoms with Crippen LogP contribution in [0, 0.1) is 11.3 Å². The van der Waals surface area contributed by atoms with Crippen molar-refractivity contribution >= 4 is 17.7 Å². The number of thioether (sulfide) groups is 1. The predicted octanol–water partition coefficient (Wildman–Crippen LogP) is 2.10. The summed E-state index contributed by atoms with van der Waals surface area (Å²) in [5.41, 5.74) is -0.620. The van der Waals surface area contributed by atoms with Crippen molar-refractivity contribution in [1.82, 2.24) is 5.32 Å². The molecule has 0 saturated heterocycles. The van der Waals surface area contributed by atoms with Crippen molar-refractivity contribution in [2.24, 2.45) is 0 Å². The Kier molecular flexibility index (Phi) is 6.51. The average Bonchev–Trinajstić information content (AvgIpc) is 2.40. The molecule has 0 aromatic heterocycles. The van der Waals surface area contributed by atoms with Crippen LogP contribution in [0.2, 0.25) is 0 Å². The maximum atomic E-state index is 12.0. The molecular weight excluding hydrogens is 248 g/mol. The molecule has 0 aliphatic heterocycles. The lowest BCUT2D eigenvalue weighted by atomic mass is 9.83. The normalized spacial score (nSPS) is 19.8. The summed E-state index contributed by atoms with van der Waals surface area (Å²) >= 11 is 1.56. The van der Waals surface area contributed by atoms with Crippen LogP contribution in [0.5, 0.6) is 0 Å². The zero-order chi connectivity index (χ0) is 13.4. The molecule has 1 fully saturated rings. The smallest absolute Gasteiger partial charge is 0.234 e. The fourth-order valence-corrected chi connectivity index (χ4v) is 2.97. The number of nitriles is 1. The van der Waals surface area contributed by atoms with Gasteiger partial charge in [0.25, 0.3) is 0 Å². The molecule has 1 saturated carbocycles. The Morgan fingerprint density at radius 1 is 1.50 bits per heavy atom. The molecule has 0 heterocycles. The Balaban J connectivity index is 2.44. The van der Waals surface area contributed by atoms with Crippen LogP contribution in [0.4, 0.5) is 0 Å². The number of ether oxygens (including phenoxy) is 1. The van der Waals surface area contributed by atoms with Gasteiger partial charge in [-0.05, 0) is 19.8 Å². The minimum Gasteiger partial charge on any atom is -0.384 e. The SMILES string of the molecule is COCCSC(C)C(=O)NC1(C#N)CCCCC1. The lowest BCUT2D eigenvalue weighted by Crippen LogP contribution is -2.51. The molecule has 0 aromatic carbocycles. The monoisotopic (exact) mass is 270 g/mol. The van der Waals surface area contributed by atoms with Gasteiger partial charge in [-0.3, -0.25) is 4.79 Å². The Morgan fingerprint density at radius 2 is 2.17 bits per heavy atom. The third kappa shape index (κ3) is 4.51. The third-order valence-electron chi connectivity index (χ3n) is 3.31. The molecule has 102 valence electrons. The fraction of sp³-hybridized carbons (Fsp3) is 0.846. The number of nitrogens with zero attached hydrogens (tertiary/aromatic N) is 1. The zero-order valence-corrected chi connectivity index (χ0v) is 12.0. The summed E-state index contributed by atoms with van der Waals surface area (Å²) in [7, 11) is 1.65. The van der Waals surface area contributed by atoms with Crippen LogP contribution in [-0.4, -0.2) is 36.2 Å². The second-order valence-electron chi connectivity index (χ2n) is 4.75. The molecule has 1 atom stereocenters. The largest absolute Gasteiger partial charge is 0.384 e. The molecule has 4 nitrogen and oxygen atoms in total. The van der Waals surface area contributed by atoms with Gasteiger partial charge in [0.15, 0.2) is 0 Å². The van der Waals surface area contributed by atoms with Crippen LogP contribution < -0.4 is 5.32 Å². The van der Waals surface area contributed by atoms with Crippen molar-refractivity contribution in [2.75, 3.05) is 19.5 Å². The van der Waals surface area contributed by atoms with Crippen molar-refractivity contribution in [3.05, 3.63) is 0 Å². The van der Waals surface area contributed by atoms with Crippen molar-refractivity contribution in [1.29, 1.82) is 5.26 Å². The minimum absolute atomic E-state index is 0.0282. The van der Waals surface area contributed by atoms with Gasteiger partial charge in [0.2, 0.25) is 5.91 Å². The number of carbonyl (C=O) groups excluding carboxylic acids is 1. The molecule has 1 rings (SSSR count). The molecule has 1 unspecified atom stereocenters. The van der Waals surface area contributed by atoms with Gasteiger partial charge in [-0.2, -0.15) is 5.26 Å². The molecule has 1 aliphatic carbocycles. The summed E-state index contributed by atoms with van der Waals surface area (Å²) in [6, 6.07) is 2.30. The summed E-state index contributed by atoms with van der Waals surface area (Å²) in [6.45, 7) is 2.52. The van der Waals surface area contributed by atoms with Crippen molar-refractivity contribution < 1.29 is 9.53 Å². The van der Waals surface area contributed by atoms with Gasteiger partial charge in [0.1, 0.15) is 5.54 Å². The Hall–Kier alpha value is -0.730. The van der Waals surface area contributed by atoms with Crippen LogP contribution in [0.25, 0.3) is 0 Å². The van der Waals surface area contributed by atoms with Crippen LogP contribution in [0.15, 0.2) is 0 Å². The quantitative estimate of drug-likeness (QED) is 0.751. The molecule has 18 heavy (non-hydrogen) atoms. The highest BCUT2D eigenvalue weighted by molar-refractivity contribution is 8.00. The van der Waals surface area contributed by atoms with Gasteiger partial charge in [-0.15, -0.1) is 11.8 Å². The average molecular weight is 270 g/mol. The standard InChI is InChI=1S/C13H22N2O2S/c1-11(18-9-8-17-2)12(16)15-13(10-14)6-4-3-5-7-13/h11H,3-9H2,1-2H3,(H,15,16). The van der Waals surface area contributed by atoms with Gasteiger partial charge < -0.3 is 10.1 Å². The summed E-state index contributed by atoms with van der Waals surface area (Å²) in [5.74, 6) is 0.768. The Bertz CT molecular complexity index is 309. The first-order valence-electron chi connectivity index (χ1n) is 6.47. The molecule has 0 aromatic rings. The van der Waals surface area contributed by atoms with Crippen LogP contribution in [0.1, 0.15) is 39.0 Å². The van der Waals surface area contributed by atoms with Crippen molar-refractivity contribution in [3.63, 3.8) is 0 Å². The van der Waals surface area contributed by atoms with Gasteiger partial charge in [-0.1, -0.05) is 19.3 Å². The highest BCUT2D eigenvalue weighted by Crippen LogP contribution is 2.28. The van der Waals surface area contributed by atoms with Crippen LogP contribution in [-0.2, 0) is 9.53 Å². The number of hydrogen-bond acceptors (Lipinski definition) is 4. The summed E-state index contributed by atoms with van der Waals surface area (Å²) in [6.07, 6.45) is 4.78. The number of nitrogens with one attached hydrogen (secondary N) is 1. The first-order valence-corrected chi connectivity index (χ1v) is 7.52. The summed E-state index contributed by atoms with van der Waals surface area (Å²) in [5, 5.41) is 12.1. The second-order valence-corrected chi connectivity index (χ2v) is 6.20. The number of methoxy groups -OCH3 is 1. The van der Waals surface area contributed by atoms with E-state index < -0.39 is 5.54 Å². The molecule has 0 bridgehead atoms. The van der Waals surface area contributed by atoms with Gasteiger partial charge in [0.05, 0.1) is 17.9 Å². The lowest BCUT2D eigenvalue weighted by Gasteiger charge is -2.32. The highest BCUT2D eigenvalue weighted by Gasteiger charge is 2.34. The molecule has 5 heteroatoms. The van der Waals surface area contributed by atoms with E-state index in [1.165, 1.54) is 0 Å². The second kappa shape index (κ2) is 7.65. The van der Waals surface area contributed by atoms with E-state index >= 15 is 0 Å². The zero-order valence-electron chi connectivity index (χ0n) is 11.2. The predicted molar refractivity (Wildman–Crippen MR) is 73.4 cm³/mol. The first kappa shape index (κ1) is 15.3. The Labute approximate surface area is 113 Å². The van der Waals surface area contributed by atoms with Gasteiger partial charge in [0, 0.05) is 12.9 Å². The van der Waals surface area contributed by atoms with E-state index in [0.717, 1.165) is 37.9 Å². The summed E-state index contributed by atoms with van der Waals surface area (Å²) < 4.78 is 4.96. The Morgan fingerprint density at radius 3 is 2.72 bits per heavy atom. The molecule has 1 N–H and O–H groups in total. The van der Waals surface area contributed by atoms with Crippen molar-refractivity contribution in [3.8, 4) is 6.07 Å². The number of amides is 1. The van der Waals surface area contributed by atoms with E-state index in [1.807, 2.05) is 6.92 Å². The van der Waals surface area contributed by atoms with E-state index in [2.05, 4.69) is 11.4 Å². The van der Waals surface area contributed by atoms with E-state index in [-0.39, 0.29) is 11.2 Å². The highest BCUT2D eigenvalue weighted by atomic mass is 32.2. The molecule has 0 spiro atoms. The van der Waals surface area contributed by atoms with Crippen molar-refractivity contribution in [2.45, 2.75) is 49.8 Å². The van der Waals surface area contributed by atoms with Gasteiger partial charge >= 0.3 is 0 Å². The summed E-state index contributed by atoms with van der Waals surface area (Å²) in [4.78, 5) is 12.0. The minimum atomic E-state index is -0.620. The maximum Gasteiger partial charge on any atom is 0.234 e. The topological polar surface area (TPSA) is 62.1 Å².